The Morgan fingerprint density at radius 2 is 2.06 bits per heavy atom. The van der Waals surface area contributed by atoms with Crippen LogP contribution in [-0.4, -0.2) is 31.3 Å². The minimum Gasteiger partial charge on any atom is -0.427 e. The summed E-state index contributed by atoms with van der Waals surface area (Å²) in [5, 5.41) is 0. The Bertz CT molecular complexity index is 419. The van der Waals surface area contributed by atoms with Crippen LogP contribution in [0.2, 0.25) is 0 Å². The summed E-state index contributed by atoms with van der Waals surface area (Å²) in [5.41, 5.74) is 1.05. The van der Waals surface area contributed by atoms with Crippen molar-refractivity contribution in [1.29, 1.82) is 0 Å². The molecule has 5 heteroatoms. The third-order valence-corrected chi connectivity index (χ3v) is 3.06. The Hall–Kier alpha value is -1.59. The van der Waals surface area contributed by atoms with Gasteiger partial charge in [0.2, 0.25) is 0 Å². The van der Waals surface area contributed by atoms with Gasteiger partial charge in [0.05, 0.1) is 13.2 Å². The van der Waals surface area contributed by atoms with Gasteiger partial charge in [-0.3, -0.25) is 0 Å². The van der Waals surface area contributed by atoms with Crippen molar-refractivity contribution in [2.24, 2.45) is 0 Å². The summed E-state index contributed by atoms with van der Waals surface area (Å²) >= 11 is 0. The molecule has 1 unspecified atom stereocenters. The predicted molar refractivity (Wildman–Crippen MR) is 60.7 cm³/mol. The summed E-state index contributed by atoms with van der Waals surface area (Å²) in [7, 11) is 0. The summed E-state index contributed by atoms with van der Waals surface area (Å²) in [5.74, 6) is 0. The van der Waals surface area contributed by atoms with Crippen LogP contribution in [0.15, 0.2) is 30.3 Å². The number of benzene rings is 1. The molecule has 0 aromatic heterocycles. The first-order valence-corrected chi connectivity index (χ1v) is 5.97. The molecular formula is C13H14O5. The van der Waals surface area contributed by atoms with Gasteiger partial charge in [0.25, 0.3) is 0 Å². The number of carbonyl (C=O) groups excluding carboxylic acids is 1. The fraction of sp³-hybridized carbons (Fsp3) is 0.462. The van der Waals surface area contributed by atoms with Crippen molar-refractivity contribution in [3.05, 3.63) is 35.9 Å². The molecule has 2 heterocycles. The molecule has 0 spiro atoms. The van der Waals surface area contributed by atoms with Crippen molar-refractivity contribution in [3.8, 4) is 0 Å². The number of fused-ring (bicyclic) bond motifs is 1. The van der Waals surface area contributed by atoms with E-state index in [4.69, 9.17) is 18.9 Å². The minimum absolute atomic E-state index is 0.243. The van der Waals surface area contributed by atoms with Crippen molar-refractivity contribution in [2.75, 3.05) is 6.61 Å². The van der Waals surface area contributed by atoms with Crippen molar-refractivity contribution >= 4 is 6.16 Å². The molecule has 96 valence electrons. The molecule has 3 atom stereocenters. The average molecular weight is 250 g/mol. The number of rotatable bonds is 3. The van der Waals surface area contributed by atoms with Crippen LogP contribution >= 0.6 is 0 Å². The summed E-state index contributed by atoms with van der Waals surface area (Å²) in [6.45, 7) is 0.934. The van der Waals surface area contributed by atoms with Gasteiger partial charge in [0, 0.05) is 6.42 Å². The molecule has 3 rings (SSSR count). The number of carbonyl (C=O) groups is 1. The molecule has 2 aliphatic heterocycles. The maximum absolute atomic E-state index is 11.1. The van der Waals surface area contributed by atoms with Gasteiger partial charge in [-0.1, -0.05) is 30.3 Å². The van der Waals surface area contributed by atoms with E-state index in [2.05, 4.69) is 0 Å². The van der Waals surface area contributed by atoms with Gasteiger partial charge < -0.3 is 18.9 Å². The van der Waals surface area contributed by atoms with Gasteiger partial charge in [-0.15, -0.1) is 0 Å². The van der Waals surface area contributed by atoms with Crippen molar-refractivity contribution in [3.63, 3.8) is 0 Å². The van der Waals surface area contributed by atoms with Crippen LogP contribution in [0.5, 0.6) is 0 Å². The molecule has 0 amide bonds. The highest BCUT2D eigenvalue weighted by Crippen LogP contribution is 2.28. The lowest BCUT2D eigenvalue weighted by Gasteiger charge is -2.29. The second-order valence-electron chi connectivity index (χ2n) is 4.31. The fourth-order valence-electron chi connectivity index (χ4n) is 2.15. The topological polar surface area (TPSA) is 54.0 Å². The molecule has 5 nitrogen and oxygen atoms in total. The summed E-state index contributed by atoms with van der Waals surface area (Å²) in [4.78, 5) is 11.1. The van der Waals surface area contributed by atoms with Gasteiger partial charge >= 0.3 is 6.16 Å². The number of hydrogen-bond acceptors (Lipinski definition) is 5. The molecule has 1 aromatic rings. The van der Waals surface area contributed by atoms with Crippen LogP contribution in [0, 0.1) is 0 Å². The second-order valence-corrected chi connectivity index (χ2v) is 4.31. The first-order valence-electron chi connectivity index (χ1n) is 5.97. The van der Waals surface area contributed by atoms with Crippen LogP contribution in [-0.2, 0) is 25.6 Å². The zero-order valence-corrected chi connectivity index (χ0v) is 9.78. The predicted octanol–water partition coefficient (Wildman–Crippen LogP) is 1.85. The Morgan fingerprint density at radius 3 is 2.89 bits per heavy atom. The molecule has 1 aromatic carbocycles. The van der Waals surface area contributed by atoms with Gasteiger partial charge in [-0.2, -0.15) is 0 Å². The zero-order chi connectivity index (χ0) is 12.4. The Labute approximate surface area is 105 Å². The monoisotopic (exact) mass is 250 g/mol. The highest BCUT2D eigenvalue weighted by Gasteiger charge is 2.46. The summed E-state index contributed by atoms with van der Waals surface area (Å²) in [6, 6.07) is 9.78. The van der Waals surface area contributed by atoms with E-state index >= 15 is 0 Å². The lowest BCUT2D eigenvalue weighted by Crippen LogP contribution is -2.44. The average Bonchev–Trinajstić information content (AvgIpc) is 2.78. The maximum atomic E-state index is 11.1. The van der Waals surface area contributed by atoms with Crippen molar-refractivity contribution in [2.45, 2.75) is 31.5 Å². The summed E-state index contributed by atoms with van der Waals surface area (Å²) in [6.07, 6.45) is -1.22. The van der Waals surface area contributed by atoms with Gasteiger partial charge in [0.1, 0.15) is 6.10 Å². The molecule has 0 radical (unpaired) electrons. The van der Waals surface area contributed by atoms with E-state index in [0.29, 0.717) is 19.6 Å². The van der Waals surface area contributed by atoms with Crippen LogP contribution < -0.4 is 0 Å². The highest BCUT2D eigenvalue weighted by atomic mass is 16.8. The Morgan fingerprint density at radius 1 is 1.22 bits per heavy atom. The molecular weight excluding hydrogens is 236 g/mol. The van der Waals surface area contributed by atoms with E-state index < -0.39 is 18.5 Å². The Kier molecular flexibility index (Phi) is 3.17. The molecule has 18 heavy (non-hydrogen) atoms. The summed E-state index contributed by atoms with van der Waals surface area (Å²) < 4.78 is 21.2. The van der Waals surface area contributed by atoms with Crippen molar-refractivity contribution < 1.29 is 23.7 Å². The molecule has 0 bridgehead atoms. The molecule has 2 saturated heterocycles. The largest absolute Gasteiger partial charge is 0.509 e. The van der Waals surface area contributed by atoms with Crippen LogP contribution in [0.3, 0.4) is 0 Å². The molecule has 2 aliphatic rings. The maximum Gasteiger partial charge on any atom is 0.509 e. The van der Waals surface area contributed by atoms with E-state index in [-0.39, 0.29) is 6.10 Å². The minimum atomic E-state index is -0.635. The smallest absolute Gasteiger partial charge is 0.427 e. The van der Waals surface area contributed by atoms with Crippen LogP contribution in [0.4, 0.5) is 4.79 Å². The lowest BCUT2D eigenvalue weighted by atomic mass is 10.1. The Balaban J connectivity index is 1.60. The highest BCUT2D eigenvalue weighted by molar-refractivity contribution is 5.62. The molecule has 0 saturated carbocycles. The molecule has 0 N–H and O–H groups in total. The number of hydrogen-bond donors (Lipinski definition) is 0. The van der Waals surface area contributed by atoms with Crippen LogP contribution in [0.1, 0.15) is 12.0 Å². The third-order valence-electron chi connectivity index (χ3n) is 3.06. The van der Waals surface area contributed by atoms with E-state index in [0.717, 1.165) is 5.56 Å². The lowest BCUT2D eigenvalue weighted by molar-refractivity contribution is -0.222. The molecule has 2 fully saturated rings. The van der Waals surface area contributed by atoms with E-state index in [9.17, 15) is 4.79 Å². The van der Waals surface area contributed by atoms with E-state index in [1.165, 1.54) is 0 Å². The standard InChI is InChI=1S/C13H14O5/c14-13-17-10-6-7-15-12(11(10)18-13)16-8-9-4-2-1-3-5-9/h1-5,10-12H,6-8H2/t10-,11-,12?/m1/s1. The number of ether oxygens (including phenoxy) is 4. The van der Waals surface area contributed by atoms with Gasteiger partial charge in [0.15, 0.2) is 12.4 Å². The van der Waals surface area contributed by atoms with Crippen molar-refractivity contribution in [1.82, 2.24) is 0 Å². The van der Waals surface area contributed by atoms with E-state index in [1.807, 2.05) is 30.3 Å². The van der Waals surface area contributed by atoms with Gasteiger partial charge in [-0.05, 0) is 5.56 Å². The first-order chi connectivity index (χ1) is 8.83. The van der Waals surface area contributed by atoms with Crippen LogP contribution in [0.25, 0.3) is 0 Å². The first kappa shape index (κ1) is 11.5. The normalized spacial score (nSPS) is 30.4. The zero-order valence-electron chi connectivity index (χ0n) is 9.78. The molecule has 0 aliphatic carbocycles. The quantitative estimate of drug-likeness (QED) is 0.766. The fourth-order valence-corrected chi connectivity index (χ4v) is 2.15. The van der Waals surface area contributed by atoms with Gasteiger partial charge in [-0.25, -0.2) is 4.79 Å². The second kappa shape index (κ2) is 4.96. The van der Waals surface area contributed by atoms with E-state index in [1.54, 1.807) is 0 Å². The third kappa shape index (κ3) is 2.32. The SMILES string of the molecule is O=C1O[C@@H]2CCOC(OCc3ccccc3)[C@@H]2O1.